The molecule has 150 valence electrons. The van der Waals surface area contributed by atoms with Crippen molar-refractivity contribution in [2.45, 2.75) is 71.3 Å². The summed E-state index contributed by atoms with van der Waals surface area (Å²) in [5.41, 5.74) is 5.69. The molecule has 0 bridgehead atoms. The summed E-state index contributed by atoms with van der Waals surface area (Å²) < 4.78 is 0. The molecule has 7 heteroatoms. The highest BCUT2D eigenvalue weighted by molar-refractivity contribution is 7.16. The highest BCUT2D eigenvalue weighted by Gasteiger charge is 2.21. The van der Waals surface area contributed by atoms with Crippen LogP contribution in [0.15, 0.2) is 5.38 Å². The Labute approximate surface area is 173 Å². The minimum absolute atomic E-state index is 0.0657. The molecule has 0 radical (unpaired) electrons. The number of urea groups is 1. The fourth-order valence-electron chi connectivity index (χ4n) is 4.14. The molecule has 0 fully saturated rings. The average molecular weight is 419 g/mol. The minimum atomic E-state index is -0.0657. The maximum absolute atomic E-state index is 12.4. The van der Waals surface area contributed by atoms with E-state index in [1.807, 2.05) is 11.3 Å². The van der Waals surface area contributed by atoms with Crippen LogP contribution in [0.4, 0.5) is 9.80 Å². The van der Waals surface area contributed by atoms with E-state index in [0.29, 0.717) is 6.54 Å². The van der Waals surface area contributed by atoms with E-state index < -0.39 is 0 Å². The van der Waals surface area contributed by atoms with Crippen molar-refractivity contribution in [2.24, 2.45) is 0 Å². The van der Waals surface area contributed by atoms with Gasteiger partial charge < -0.3 is 5.32 Å². The van der Waals surface area contributed by atoms with Crippen LogP contribution in [0.3, 0.4) is 0 Å². The number of anilines is 1. The summed E-state index contributed by atoms with van der Waals surface area (Å²) in [5.74, 6) is 0. The van der Waals surface area contributed by atoms with Crippen LogP contribution in [0.2, 0.25) is 0 Å². The Balaban J connectivity index is 0.000000706. The van der Waals surface area contributed by atoms with Crippen LogP contribution < -0.4 is 10.6 Å². The van der Waals surface area contributed by atoms with Gasteiger partial charge in [0.05, 0.1) is 0 Å². The molecule has 28 heavy (non-hydrogen) atoms. The molecule has 2 aliphatic carbocycles. The molecule has 0 spiro atoms. The number of thiophene rings is 2. The zero-order valence-electron chi connectivity index (χ0n) is 16.2. The number of hydrogen-bond acceptors (Lipinski definition) is 5. The summed E-state index contributed by atoms with van der Waals surface area (Å²) in [6.45, 7) is 2.84. The number of amides is 2. The normalized spacial score (nSPS) is 14.8. The van der Waals surface area contributed by atoms with Gasteiger partial charge in [-0.2, -0.15) is 9.59 Å². The number of rotatable bonds is 4. The molecule has 0 aromatic carbocycles. The summed E-state index contributed by atoms with van der Waals surface area (Å²) in [7, 11) is 0. The molecule has 0 saturated heterocycles. The molecule has 0 unspecified atom stereocenters. The van der Waals surface area contributed by atoms with E-state index in [2.05, 4.69) is 22.9 Å². The standard InChI is InChI=1S/C20H26N2OS2.CO2/c1-2-14-16-8-4-6-10-18(16)25-19(14)22-20(23)21-11-13-12-24-17-9-5-3-7-15(13)17;2-1-3/h12H,2-11H2,1H3,(H2,21,22,23);. The smallest absolute Gasteiger partial charge is 0.334 e. The quantitative estimate of drug-likeness (QED) is 0.744. The van der Waals surface area contributed by atoms with Gasteiger partial charge in [0, 0.05) is 16.3 Å². The topological polar surface area (TPSA) is 75.3 Å². The lowest BCUT2D eigenvalue weighted by molar-refractivity contribution is -0.191. The summed E-state index contributed by atoms with van der Waals surface area (Å²) >= 11 is 3.65. The molecule has 2 aromatic heterocycles. The van der Waals surface area contributed by atoms with Crippen molar-refractivity contribution in [3.8, 4) is 0 Å². The SMILES string of the molecule is CCc1c(NC(=O)NCc2csc3c2CCCC3)sc2c1CCCC2.O=C=O. The summed E-state index contributed by atoms with van der Waals surface area (Å²) in [5, 5.41) is 9.51. The highest BCUT2D eigenvalue weighted by Crippen LogP contribution is 2.38. The van der Waals surface area contributed by atoms with Gasteiger partial charge in [-0.3, -0.25) is 5.32 Å². The molecule has 5 nitrogen and oxygen atoms in total. The van der Waals surface area contributed by atoms with E-state index in [9.17, 15) is 4.79 Å². The molecule has 2 heterocycles. The highest BCUT2D eigenvalue weighted by atomic mass is 32.1. The van der Waals surface area contributed by atoms with E-state index >= 15 is 0 Å². The molecular formula is C21H26N2O3S2. The van der Waals surface area contributed by atoms with Gasteiger partial charge in [0.25, 0.3) is 0 Å². The number of nitrogens with one attached hydrogen (secondary N) is 2. The first-order valence-electron chi connectivity index (χ1n) is 9.93. The van der Waals surface area contributed by atoms with E-state index in [1.54, 1.807) is 11.3 Å². The molecule has 4 rings (SSSR count). The van der Waals surface area contributed by atoms with Gasteiger partial charge in [-0.05, 0) is 85.4 Å². The van der Waals surface area contributed by atoms with Crippen LogP contribution in [0.5, 0.6) is 0 Å². The van der Waals surface area contributed by atoms with Crippen LogP contribution in [0.25, 0.3) is 0 Å². The van der Waals surface area contributed by atoms with Crippen molar-refractivity contribution in [1.29, 1.82) is 0 Å². The Morgan fingerprint density at radius 3 is 2.39 bits per heavy atom. The van der Waals surface area contributed by atoms with Crippen molar-refractivity contribution in [3.05, 3.63) is 37.4 Å². The number of carbonyl (C=O) groups excluding carboxylic acids is 3. The first-order chi connectivity index (χ1) is 13.7. The number of aryl methyl sites for hydroxylation is 2. The number of fused-ring (bicyclic) bond motifs is 2. The van der Waals surface area contributed by atoms with Crippen LogP contribution in [0.1, 0.15) is 64.6 Å². The summed E-state index contributed by atoms with van der Waals surface area (Å²) in [6, 6.07) is -0.0657. The van der Waals surface area contributed by atoms with E-state index in [1.165, 1.54) is 83.4 Å². The lowest BCUT2D eigenvalue weighted by Crippen LogP contribution is -2.28. The van der Waals surface area contributed by atoms with Crippen LogP contribution in [-0.2, 0) is 48.2 Å². The number of carbonyl (C=O) groups is 1. The second-order valence-corrected chi connectivity index (χ2v) is 9.20. The van der Waals surface area contributed by atoms with Gasteiger partial charge >= 0.3 is 12.2 Å². The van der Waals surface area contributed by atoms with Crippen molar-refractivity contribution < 1.29 is 14.4 Å². The largest absolute Gasteiger partial charge is 0.373 e. The van der Waals surface area contributed by atoms with Crippen molar-refractivity contribution in [1.82, 2.24) is 5.32 Å². The predicted molar refractivity (Wildman–Crippen MR) is 112 cm³/mol. The number of hydrogen-bond donors (Lipinski definition) is 2. The van der Waals surface area contributed by atoms with Gasteiger partial charge in [-0.25, -0.2) is 4.79 Å². The Morgan fingerprint density at radius 1 is 1.04 bits per heavy atom. The van der Waals surface area contributed by atoms with Gasteiger partial charge in [0.2, 0.25) is 0 Å². The Bertz CT molecular complexity index is 863. The fraction of sp³-hybridized carbons (Fsp3) is 0.524. The summed E-state index contributed by atoms with van der Waals surface area (Å²) in [6.07, 6.45) is 11.2. The predicted octanol–water partition coefficient (Wildman–Crippen LogP) is 4.87. The van der Waals surface area contributed by atoms with E-state index in [4.69, 9.17) is 9.59 Å². The van der Waals surface area contributed by atoms with Gasteiger partial charge in [-0.1, -0.05) is 6.92 Å². The van der Waals surface area contributed by atoms with Gasteiger partial charge in [0.15, 0.2) is 0 Å². The molecule has 2 N–H and O–H groups in total. The molecule has 0 atom stereocenters. The molecule has 2 amide bonds. The third-order valence-corrected chi connectivity index (χ3v) is 7.84. The summed E-state index contributed by atoms with van der Waals surface area (Å²) in [4.78, 5) is 31.7. The van der Waals surface area contributed by atoms with Gasteiger partial charge in [0.1, 0.15) is 5.00 Å². The first kappa shape index (κ1) is 20.8. The second-order valence-electron chi connectivity index (χ2n) is 7.13. The molecule has 0 saturated carbocycles. The molecular weight excluding hydrogens is 392 g/mol. The monoisotopic (exact) mass is 418 g/mol. The maximum Gasteiger partial charge on any atom is 0.373 e. The molecule has 2 aromatic rings. The zero-order valence-corrected chi connectivity index (χ0v) is 17.8. The third-order valence-electron chi connectivity index (χ3n) is 5.45. The fourth-order valence-corrected chi connectivity index (χ4v) is 6.66. The van der Waals surface area contributed by atoms with E-state index in [-0.39, 0.29) is 12.2 Å². The minimum Gasteiger partial charge on any atom is -0.334 e. The van der Waals surface area contributed by atoms with E-state index in [0.717, 1.165) is 11.4 Å². The van der Waals surface area contributed by atoms with Crippen LogP contribution >= 0.6 is 22.7 Å². The molecule has 0 aliphatic heterocycles. The zero-order chi connectivity index (χ0) is 19.9. The first-order valence-corrected chi connectivity index (χ1v) is 11.6. The van der Waals surface area contributed by atoms with Crippen molar-refractivity contribution in [2.75, 3.05) is 5.32 Å². The second kappa shape index (κ2) is 10.0. The average Bonchev–Trinajstić information content (AvgIpc) is 3.27. The lowest BCUT2D eigenvalue weighted by Gasteiger charge is -2.13. The Hall–Kier alpha value is -1.95. The molecule has 2 aliphatic rings. The Kier molecular flexibility index (Phi) is 7.43. The third kappa shape index (κ3) is 4.72. The Morgan fingerprint density at radius 2 is 1.68 bits per heavy atom. The van der Waals surface area contributed by atoms with Crippen LogP contribution in [-0.4, -0.2) is 12.2 Å². The van der Waals surface area contributed by atoms with Crippen molar-refractivity contribution >= 4 is 39.9 Å². The maximum atomic E-state index is 12.4. The lowest BCUT2D eigenvalue weighted by atomic mass is 9.94. The van der Waals surface area contributed by atoms with Crippen LogP contribution in [0, 0.1) is 0 Å². The van der Waals surface area contributed by atoms with Crippen molar-refractivity contribution in [3.63, 3.8) is 0 Å². The van der Waals surface area contributed by atoms with Gasteiger partial charge in [-0.15, -0.1) is 22.7 Å².